The molecule has 0 aromatic carbocycles. The van der Waals surface area contributed by atoms with E-state index in [2.05, 4.69) is 20.3 Å². The lowest BCUT2D eigenvalue weighted by Gasteiger charge is -2.10. The topological polar surface area (TPSA) is 102 Å². The van der Waals surface area contributed by atoms with Crippen LogP contribution in [0.15, 0.2) is 24.9 Å². The Labute approximate surface area is 121 Å². The maximum Gasteiger partial charge on any atom is 0.356 e. The maximum absolute atomic E-state index is 10.7. The highest BCUT2D eigenvalue weighted by molar-refractivity contribution is 5.84. The molecule has 0 aliphatic carbocycles. The van der Waals surface area contributed by atoms with Crippen molar-refractivity contribution in [1.82, 2.24) is 19.5 Å². The third kappa shape index (κ3) is 4.44. The Morgan fingerprint density at radius 1 is 1.48 bits per heavy atom. The van der Waals surface area contributed by atoms with Gasteiger partial charge in [0.1, 0.15) is 5.82 Å². The van der Waals surface area contributed by atoms with Gasteiger partial charge >= 0.3 is 5.97 Å². The number of aromatic carboxylic acids is 1. The number of anilines is 1. The van der Waals surface area contributed by atoms with Crippen molar-refractivity contribution in [2.24, 2.45) is 0 Å². The number of nitrogens with zero attached hydrogens (tertiary/aromatic N) is 4. The number of ether oxygens (including phenoxy) is 1. The van der Waals surface area contributed by atoms with Crippen molar-refractivity contribution in [2.45, 2.75) is 26.5 Å². The Balaban J connectivity index is 1.86. The molecule has 0 atom stereocenters. The van der Waals surface area contributed by atoms with Gasteiger partial charge < -0.3 is 19.7 Å². The molecule has 2 aromatic rings. The van der Waals surface area contributed by atoms with Gasteiger partial charge in [-0.25, -0.2) is 9.78 Å². The molecule has 8 heteroatoms. The van der Waals surface area contributed by atoms with Crippen molar-refractivity contribution in [2.75, 3.05) is 11.9 Å². The van der Waals surface area contributed by atoms with E-state index in [0.29, 0.717) is 24.8 Å². The zero-order valence-electron chi connectivity index (χ0n) is 11.9. The largest absolute Gasteiger partial charge is 0.476 e. The van der Waals surface area contributed by atoms with Gasteiger partial charge in [-0.05, 0) is 13.8 Å². The number of imidazole rings is 1. The van der Waals surface area contributed by atoms with Gasteiger partial charge in [0.15, 0.2) is 5.69 Å². The highest BCUT2D eigenvalue weighted by atomic mass is 16.5. The van der Waals surface area contributed by atoms with E-state index in [1.807, 2.05) is 13.8 Å². The van der Waals surface area contributed by atoms with E-state index in [1.54, 1.807) is 17.0 Å². The van der Waals surface area contributed by atoms with Gasteiger partial charge in [-0.2, -0.15) is 4.98 Å². The molecule has 2 aromatic heterocycles. The van der Waals surface area contributed by atoms with Crippen LogP contribution in [0.1, 0.15) is 24.3 Å². The number of nitrogens with one attached hydrogen (secondary N) is 1. The van der Waals surface area contributed by atoms with Crippen LogP contribution in [-0.2, 0) is 6.54 Å². The third-order valence-corrected chi connectivity index (χ3v) is 2.50. The minimum Gasteiger partial charge on any atom is -0.476 e. The summed E-state index contributed by atoms with van der Waals surface area (Å²) in [5, 5.41) is 11.9. The zero-order chi connectivity index (χ0) is 15.2. The molecule has 0 unspecified atom stereocenters. The van der Waals surface area contributed by atoms with Gasteiger partial charge in [0.05, 0.1) is 24.8 Å². The van der Waals surface area contributed by atoms with Crippen molar-refractivity contribution in [3.05, 3.63) is 30.6 Å². The van der Waals surface area contributed by atoms with Crippen LogP contribution in [0.5, 0.6) is 5.88 Å². The molecule has 0 aliphatic heterocycles. The first-order valence-corrected chi connectivity index (χ1v) is 6.52. The molecular formula is C13H17N5O3. The summed E-state index contributed by atoms with van der Waals surface area (Å²) in [5.41, 5.74) is 0.0297. The van der Waals surface area contributed by atoms with Gasteiger partial charge in [0.2, 0.25) is 5.88 Å². The minimum absolute atomic E-state index is 0.0297. The first-order chi connectivity index (χ1) is 10.0. The normalized spacial score (nSPS) is 10.6. The molecule has 2 rings (SSSR count). The standard InChI is InChI=1S/C13H17N5O3/c1-9(2)21-12-6-14-5-11(17-12)15-3-4-18-7-10(13(19)20)16-8-18/h5-9H,3-4H2,1-2H3,(H,15,17)(H,19,20). The SMILES string of the molecule is CC(C)Oc1cncc(NCCn2cnc(C(=O)O)c2)n1. The van der Waals surface area contributed by atoms with Crippen LogP contribution in [0.25, 0.3) is 0 Å². The van der Waals surface area contributed by atoms with E-state index in [-0.39, 0.29) is 11.8 Å². The molecule has 0 radical (unpaired) electrons. The molecule has 0 bridgehead atoms. The Bertz CT molecular complexity index is 611. The van der Waals surface area contributed by atoms with Crippen molar-refractivity contribution in [3.63, 3.8) is 0 Å². The number of hydrogen-bond donors (Lipinski definition) is 2. The fraction of sp³-hybridized carbons (Fsp3) is 0.385. The summed E-state index contributed by atoms with van der Waals surface area (Å²) in [6, 6.07) is 0. The highest BCUT2D eigenvalue weighted by Crippen LogP contribution is 2.10. The van der Waals surface area contributed by atoms with Crippen LogP contribution in [0.2, 0.25) is 0 Å². The Morgan fingerprint density at radius 3 is 2.95 bits per heavy atom. The van der Waals surface area contributed by atoms with Gasteiger partial charge in [-0.15, -0.1) is 0 Å². The molecule has 0 amide bonds. The summed E-state index contributed by atoms with van der Waals surface area (Å²) in [7, 11) is 0. The van der Waals surface area contributed by atoms with Crippen LogP contribution >= 0.6 is 0 Å². The monoisotopic (exact) mass is 291 g/mol. The minimum atomic E-state index is -1.04. The number of rotatable bonds is 7. The predicted molar refractivity (Wildman–Crippen MR) is 75.5 cm³/mol. The summed E-state index contributed by atoms with van der Waals surface area (Å²) in [4.78, 5) is 22.8. The summed E-state index contributed by atoms with van der Waals surface area (Å²) in [5.74, 6) is 0.0311. The summed E-state index contributed by atoms with van der Waals surface area (Å²) in [6.07, 6.45) is 6.16. The smallest absolute Gasteiger partial charge is 0.356 e. The third-order valence-electron chi connectivity index (χ3n) is 2.50. The van der Waals surface area contributed by atoms with Crippen molar-refractivity contribution in [1.29, 1.82) is 0 Å². The quantitative estimate of drug-likeness (QED) is 0.792. The lowest BCUT2D eigenvalue weighted by atomic mass is 10.5. The van der Waals surface area contributed by atoms with Gasteiger partial charge in [0.25, 0.3) is 0 Å². The Hall–Kier alpha value is -2.64. The molecule has 2 heterocycles. The molecule has 0 spiro atoms. The Morgan fingerprint density at radius 2 is 2.29 bits per heavy atom. The molecule has 2 N–H and O–H groups in total. The van der Waals surface area contributed by atoms with E-state index in [4.69, 9.17) is 9.84 Å². The molecule has 0 saturated heterocycles. The fourth-order valence-electron chi connectivity index (χ4n) is 1.64. The number of carboxylic acid groups (broad SMARTS) is 1. The summed E-state index contributed by atoms with van der Waals surface area (Å²) < 4.78 is 7.15. The average Bonchev–Trinajstić information content (AvgIpc) is 2.87. The second-order valence-corrected chi connectivity index (χ2v) is 4.64. The van der Waals surface area contributed by atoms with Crippen LogP contribution < -0.4 is 10.1 Å². The van der Waals surface area contributed by atoms with Gasteiger partial charge in [-0.3, -0.25) is 4.98 Å². The van der Waals surface area contributed by atoms with E-state index in [1.165, 1.54) is 12.5 Å². The summed E-state index contributed by atoms with van der Waals surface area (Å²) >= 11 is 0. The molecule has 0 saturated carbocycles. The lowest BCUT2D eigenvalue weighted by Crippen LogP contribution is -2.12. The van der Waals surface area contributed by atoms with Crippen LogP contribution in [-0.4, -0.2) is 43.2 Å². The number of hydrogen-bond acceptors (Lipinski definition) is 6. The molecule has 112 valence electrons. The number of carboxylic acids is 1. The molecule has 0 aliphatic rings. The second-order valence-electron chi connectivity index (χ2n) is 4.64. The molecular weight excluding hydrogens is 274 g/mol. The first kappa shape index (κ1) is 14.8. The summed E-state index contributed by atoms with van der Waals surface area (Å²) in [6.45, 7) is 4.97. The van der Waals surface area contributed by atoms with Crippen LogP contribution in [0, 0.1) is 0 Å². The molecule has 8 nitrogen and oxygen atoms in total. The molecule has 0 fully saturated rings. The first-order valence-electron chi connectivity index (χ1n) is 6.52. The number of carbonyl (C=O) groups is 1. The van der Waals surface area contributed by atoms with Gasteiger partial charge in [0, 0.05) is 19.3 Å². The number of aromatic nitrogens is 4. The zero-order valence-corrected chi connectivity index (χ0v) is 11.9. The molecule has 21 heavy (non-hydrogen) atoms. The van der Waals surface area contributed by atoms with Crippen molar-refractivity contribution < 1.29 is 14.6 Å². The van der Waals surface area contributed by atoms with E-state index < -0.39 is 5.97 Å². The van der Waals surface area contributed by atoms with E-state index in [0.717, 1.165) is 0 Å². The lowest BCUT2D eigenvalue weighted by molar-refractivity contribution is 0.0691. The van der Waals surface area contributed by atoms with Gasteiger partial charge in [-0.1, -0.05) is 0 Å². The predicted octanol–water partition coefficient (Wildman–Crippen LogP) is 1.27. The fourth-order valence-corrected chi connectivity index (χ4v) is 1.64. The van der Waals surface area contributed by atoms with Crippen molar-refractivity contribution >= 4 is 11.8 Å². The second kappa shape index (κ2) is 6.69. The van der Waals surface area contributed by atoms with E-state index >= 15 is 0 Å². The van der Waals surface area contributed by atoms with E-state index in [9.17, 15) is 4.79 Å². The average molecular weight is 291 g/mol. The maximum atomic E-state index is 10.7. The van der Waals surface area contributed by atoms with Crippen LogP contribution in [0.3, 0.4) is 0 Å². The highest BCUT2D eigenvalue weighted by Gasteiger charge is 2.06. The van der Waals surface area contributed by atoms with Crippen molar-refractivity contribution in [3.8, 4) is 5.88 Å². The Kier molecular flexibility index (Phi) is 4.70. The van der Waals surface area contributed by atoms with Crippen LogP contribution in [0.4, 0.5) is 5.82 Å².